The topological polar surface area (TPSA) is 8.82 Å². The highest BCUT2D eigenvalue weighted by atomic mass is 14.9. The molecule has 2 heteroatoms. The molecule has 9 aromatic carbocycles. The van der Waals surface area contributed by atoms with E-state index in [4.69, 9.17) is 0 Å². The van der Waals surface area contributed by atoms with Crippen molar-refractivity contribution >= 4 is 76.2 Å². The highest BCUT2D eigenvalue weighted by molar-refractivity contribution is 6.32. The fourth-order valence-electron chi connectivity index (χ4n) is 19.4. The molecule has 0 radical (unpaired) electrons. The lowest BCUT2D eigenvalue weighted by atomic mass is 9.58. The van der Waals surface area contributed by atoms with Crippen molar-refractivity contribution in [3.8, 4) is 0 Å². The Labute approximate surface area is 481 Å². The van der Waals surface area contributed by atoms with Gasteiger partial charge in [0, 0.05) is 66.8 Å². The summed E-state index contributed by atoms with van der Waals surface area (Å²) in [6.07, 6.45) is 13.1. The smallest absolute Gasteiger partial charge is 0.0621 e. The van der Waals surface area contributed by atoms with Crippen molar-refractivity contribution in [1.29, 1.82) is 0 Å². The largest absolute Gasteiger partial charge is 0.308 e. The molecule has 0 aliphatic heterocycles. The monoisotopic (exact) mass is 1060 g/mol. The molecular formula is C80H72N2. The van der Waals surface area contributed by atoms with Gasteiger partial charge in [0.2, 0.25) is 0 Å². The van der Waals surface area contributed by atoms with Crippen molar-refractivity contribution in [1.82, 2.24) is 8.80 Å². The van der Waals surface area contributed by atoms with E-state index in [1.807, 2.05) is 0 Å². The first-order valence-corrected chi connectivity index (χ1v) is 31.8. The fourth-order valence-corrected chi connectivity index (χ4v) is 19.4. The molecule has 8 aliphatic carbocycles. The second-order valence-corrected chi connectivity index (χ2v) is 29.0. The van der Waals surface area contributed by atoms with Crippen molar-refractivity contribution in [3.63, 3.8) is 0 Å². The minimum atomic E-state index is -0.0601. The van der Waals surface area contributed by atoms with Gasteiger partial charge in [-0.2, -0.15) is 0 Å². The number of rotatable bonds is 2. The predicted molar refractivity (Wildman–Crippen MR) is 344 cm³/mol. The lowest BCUT2D eigenvalue weighted by molar-refractivity contribution is 0.440. The maximum absolute atomic E-state index is 2.86. The number of hydrogen-bond donors (Lipinski definition) is 0. The van der Waals surface area contributed by atoms with Crippen LogP contribution in [0.2, 0.25) is 0 Å². The zero-order valence-electron chi connectivity index (χ0n) is 49.1. The zero-order chi connectivity index (χ0) is 54.7. The molecule has 0 spiro atoms. The third-order valence-electron chi connectivity index (χ3n) is 22.9. The SMILES string of the molecule is Cc1c2c3cc(C(C)(C)C)cc4c5c6c(c(C7CCCCC7)cc5n(c2c(C)c2c5cc(C(C)(C)C)cc7c8c9c(c(C%10CCCCC%10)cc8n(c12)c75)C1c2ccccc2C9c2ccccc21)c43)C1c2ccccc2C6c2ccccc21. The van der Waals surface area contributed by atoms with Crippen LogP contribution in [0.5, 0.6) is 0 Å². The van der Waals surface area contributed by atoms with Gasteiger partial charge in [0.05, 0.1) is 33.1 Å². The number of fused-ring (bicyclic) bond motifs is 12. The van der Waals surface area contributed by atoms with E-state index in [0.717, 1.165) is 0 Å². The summed E-state index contributed by atoms with van der Waals surface area (Å²) in [5, 5.41) is 11.7. The van der Waals surface area contributed by atoms with E-state index in [1.54, 1.807) is 33.4 Å². The fraction of sp³-hybridized carbons (Fsp3) is 0.325. The zero-order valence-corrected chi connectivity index (χ0v) is 49.1. The van der Waals surface area contributed by atoms with E-state index in [1.165, 1.54) is 207 Å². The summed E-state index contributed by atoms with van der Waals surface area (Å²) in [7, 11) is 0. The highest BCUT2D eigenvalue weighted by Crippen LogP contribution is 2.64. The van der Waals surface area contributed by atoms with Gasteiger partial charge in [-0.05, 0) is 199 Å². The summed E-state index contributed by atoms with van der Waals surface area (Å²) in [6.45, 7) is 19.7. The van der Waals surface area contributed by atoms with Gasteiger partial charge in [-0.3, -0.25) is 0 Å². The van der Waals surface area contributed by atoms with Crippen LogP contribution in [-0.4, -0.2) is 8.80 Å². The van der Waals surface area contributed by atoms with Crippen LogP contribution in [0.15, 0.2) is 133 Å². The molecule has 21 rings (SSSR count). The van der Waals surface area contributed by atoms with Gasteiger partial charge in [0.25, 0.3) is 0 Å². The molecule has 8 aliphatic rings. The lowest BCUT2D eigenvalue weighted by Gasteiger charge is -2.44. The predicted octanol–water partition coefficient (Wildman–Crippen LogP) is 21.3. The highest BCUT2D eigenvalue weighted by Gasteiger charge is 2.48. The molecule has 0 amide bonds. The Bertz CT molecular complexity index is 4590. The first kappa shape index (κ1) is 47.1. The van der Waals surface area contributed by atoms with Crippen molar-refractivity contribution < 1.29 is 0 Å². The molecule has 4 aromatic heterocycles. The van der Waals surface area contributed by atoms with Gasteiger partial charge < -0.3 is 8.80 Å². The molecule has 4 bridgehead atoms. The van der Waals surface area contributed by atoms with Crippen LogP contribution in [0.25, 0.3) is 76.2 Å². The average Bonchev–Trinajstić information content (AvgIpc) is 1.43. The van der Waals surface area contributed by atoms with Crippen LogP contribution in [0.4, 0.5) is 0 Å². The second kappa shape index (κ2) is 15.8. The number of nitrogens with zero attached hydrogens (tertiary/aromatic N) is 2. The van der Waals surface area contributed by atoms with Gasteiger partial charge in [0.15, 0.2) is 0 Å². The van der Waals surface area contributed by atoms with Crippen LogP contribution >= 0.6 is 0 Å². The third-order valence-corrected chi connectivity index (χ3v) is 22.9. The second-order valence-electron chi connectivity index (χ2n) is 29.0. The van der Waals surface area contributed by atoms with Crippen molar-refractivity contribution in [3.05, 3.63) is 234 Å². The minimum Gasteiger partial charge on any atom is -0.308 e. The summed E-state index contributed by atoms with van der Waals surface area (Å²) in [5.74, 6) is 1.97. The first-order valence-electron chi connectivity index (χ1n) is 31.8. The summed E-state index contributed by atoms with van der Waals surface area (Å²) >= 11 is 0. The average molecular weight is 1060 g/mol. The molecular weight excluding hydrogens is 989 g/mol. The molecule has 13 aromatic rings. The van der Waals surface area contributed by atoms with Crippen molar-refractivity contribution in [2.45, 2.75) is 166 Å². The third kappa shape index (κ3) is 5.65. The van der Waals surface area contributed by atoms with E-state index >= 15 is 0 Å². The van der Waals surface area contributed by atoms with Crippen LogP contribution in [0.1, 0.15) is 241 Å². The van der Waals surface area contributed by atoms with Crippen molar-refractivity contribution in [2.24, 2.45) is 0 Å². The maximum Gasteiger partial charge on any atom is 0.0621 e. The van der Waals surface area contributed by atoms with Crippen LogP contribution in [0.3, 0.4) is 0 Å². The Morgan fingerprint density at radius 1 is 0.317 bits per heavy atom. The number of benzene rings is 9. The molecule has 82 heavy (non-hydrogen) atoms. The Morgan fingerprint density at radius 3 is 0.890 bits per heavy atom. The molecule has 0 N–H and O–H groups in total. The van der Waals surface area contributed by atoms with E-state index in [0.29, 0.717) is 11.8 Å². The number of aromatic nitrogens is 2. The quantitative estimate of drug-likeness (QED) is 0.163. The Kier molecular flexibility index (Phi) is 9.08. The molecule has 2 fully saturated rings. The van der Waals surface area contributed by atoms with Gasteiger partial charge >= 0.3 is 0 Å². The molecule has 0 atom stereocenters. The first-order chi connectivity index (χ1) is 39.9. The molecule has 0 unspecified atom stereocenters. The Balaban J connectivity index is 1.00. The summed E-state index contributed by atoms with van der Waals surface area (Å²) < 4.78 is 5.72. The number of aryl methyl sites for hydroxylation is 2. The van der Waals surface area contributed by atoms with E-state index < -0.39 is 0 Å². The molecule has 2 nitrogen and oxygen atoms in total. The standard InChI is InChI=1S/C80H72N2/c1-41-63-57-35-45(79(3,4)5)37-59-70-62(40-56(44-25-13-10-14-26-44)72-66-49-29-17-21-33-53(49)68(74(70)72)54-34-22-18-30-50(54)66)82(77(57)59)76(63)42(2)64-58-36-46(80(6,7)8)38-60-69-61(81(75(41)64)78(58)60)39-55(43-23-11-9-12-24-43)71-65-47-27-15-19-31-51(47)67(73(69)71)52-32-20-16-28-48(52)65/h15-22,27-40,43-44,65-68H,9-14,23-26H2,1-8H3. The van der Waals surface area contributed by atoms with E-state index in [-0.39, 0.29) is 34.5 Å². The normalized spacial score (nSPS) is 20.6. The molecule has 0 saturated heterocycles. The van der Waals surface area contributed by atoms with Crippen molar-refractivity contribution in [2.75, 3.05) is 0 Å². The van der Waals surface area contributed by atoms with Crippen LogP contribution in [-0.2, 0) is 10.8 Å². The Hall–Kier alpha value is -7.42. The molecule has 4 heterocycles. The Morgan fingerprint density at radius 2 is 0.598 bits per heavy atom. The summed E-state index contributed by atoms with van der Waals surface area (Å²) in [4.78, 5) is 0. The lowest BCUT2D eigenvalue weighted by Crippen LogP contribution is -2.29. The van der Waals surface area contributed by atoms with E-state index in [2.05, 4.69) is 198 Å². The van der Waals surface area contributed by atoms with E-state index in [9.17, 15) is 0 Å². The van der Waals surface area contributed by atoms with Gasteiger partial charge in [0.1, 0.15) is 0 Å². The summed E-state index contributed by atoms with van der Waals surface area (Å²) in [6, 6.07) is 54.5. The summed E-state index contributed by atoms with van der Waals surface area (Å²) in [5.41, 5.74) is 36.1. The van der Waals surface area contributed by atoms with Gasteiger partial charge in [-0.15, -0.1) is 0 Å². The number of hydrogen-bond acceptors (Lipinski definition) is 0. The van der Waals surface area contributed by atoms with Gasteiger partial charge in [-0.25, -0.2) is 0 Å². The molecule has 2 saturated carbocycles. The minimum absolute atomic E-state index is 0.0601. The van der Waals surface area contributed by atoms with Gasteiger partial charge in [-0.1, -0.05) is 177 Å². The molecule has 402 valence electrons. The van der Waals surface area contributed by atoms with Crippen LogP contribution < -0.4 is 0 Å². The maximum atomic E-state index is 2.86. The van der Waals surface area contributed by atoms with Crippen LogP contribution in [0, 0.1) is 13.8 Å².